The molecule has 200 valence electrons. The summed E-state index contributed by atoms with van der Waals surface area (Å²) in [7, 11) is 1.43. The molecule has 1 aromatic heterocycles. The number of thioether (sulfide) groups is 1. The maximum Gasteiger partial charge on any atom is 0.240 e. The van der Waals surface area contributed by atoms with E-state index in [9.17, 15) is 14.7 Å². The number of rotatable bonds is 8. The van der Waals surface area contributed by atoms with E-state index >= 15 is 4.39 Å². The summed E-state index contributed by atoms with van der Waals surface area (Å²) in [4.78, 5) is 30.3. The van der Waals surface area contributed by atoms with Crippen molar-refractivity contribution in [1.82, 2.24) is 4.98 Å². The third kappa shape index (κ3) is 5.33. The SMILES string of the molecule is COc1cc2c(Oc3ccc(NC(=O)C4(C(=O)Nc5ccc(C)cc5)CC4)cc3F)cc(SC)nc2cc1O. The molecule has 10 heteroatoms. The smallest absolute Gasteiger partial charge is 0.240 e. The van der Waals surface area contributed by atoms with Gasteiger partial charge in [0.05, 0.1) is 12.6 Å². The number of aromatic nitrogens is 1. The second kappa shape index (κ2) is 10.5. The number of phenolic OH excluding ortho intramolecular Hbond substituents is 1. The van der Waals surface area contributed by atoms with Gasteiger partial charge in [-0.3, -0.25) is 9.59 Å². The molecule has 1 heterocycles. The maximum absolute atomic E-state index is 15.1. The number of hydrogen-bond donors (Lipinski definition) is 3. The number of halogens is 1. The molecule has 0 bridgehead atoms. The monoisotopic (exact) mass is 547 g/mol. The van der Waals surface area contributed by atoms with Crippen molar-refractivity contribution in [2.24, 2.45) is 5.41 Å². The van der Waals surface area contributed by atoms with Crippen LogP contribution in [-0.2, 0) is 9.59 Å². The summed E-state index contributed by atoms with van der Waals surface area (Å²) in [6.45, 7) is 1.94. The van der Waals surface area contributed by atoms with Gasteiger partial charge in [-0.05, 0) is 56.4 Å². The Hall–Kier alpha value is -4.31. The van der Waals surface area contributed by atoms with Gasteiger partial charge in [-0.2, -0.15) is 0 Å². The Morgan fingerprint density at radius 2 is 1.62 bits per heavy atom. The van der Waals surface area contributed by atoms with Crippen LogP contribution in [0.5, 0.6) is 23.0 Å². The van der Waals surface area contributed by atoms with Crippen molar-refractivity contribution in [3.05, 3.63) is 72.0 Å². The molecule has 1 saturated carbocycles. The Morgan fingerprint density at radius 1 is 0.949 bits per heavy atom. The highest BCUT2D eigenvalue weighted by atomic mass is 32.2. The molecule has 0 unspecified atom stereocenters. The highest BCUT2D eigenvalue weighted by Crippen LogP contribution is 2.48. The summed E-state index contributed by atoms with van der Waals surface area (Å²) in [5.74, 6) is -1.18. The number of anilines is 2. The van der Waals surface area contributed by atoms with Crippen LogP contribution in [0.1, 0.15) is 18.4 Å². The van der Waals surface area contributed by atoms with Gasteiger partial charge in [-0.1, -0.05) is 17.7 Å². The number of phenols is 1. The van der Waals surface area contributed by atoms with Crippen LogP contribution in [0, 0.1) is 18.2 Å². The van der Waals surface area contributed by atoms with Crippen molar-refractivity contribution in [3.63, 3.8) is 0 Å². The first-order valence-electron chi connectivity index (χ1n) is 12.1. The molecule has 0 aliphatic heterocycles. The molecule has 4 aromatic rings. The zero-order chi connectivity index (χ0) is 27.7. The minimum atomic E-state index is -1.19. The summed E-state index contributed by atoms with van der Waals surface area (Å²) in [5.41, 5.74) is 1.14. The van der Waals surface area contributed by atoms with Gasteiger partial charge in [-0.25, -0.2) is 9.37 Å². The minimum absolute atomic E-state index is 0.0714. The van der Waals surface area contributed by atoms with Crippen molar-refractivity contribution in [3.8, 4) is 23.0 Å². The van der Waals surface area contributed by atoms with E-state index in [2.05, 4.69) is 15.6 Å². The predicted molar refractivity (Wildman–Crippen MR) is 148 cm³/mol. The van der Waals surface area contributed by atoms with Gasteiger partial charge in [0, 0.05) is 35.0 Å². The van der Waals surface area contributed by atoms with Crippen LogP contribution in [0.2, 0.25) is 0 Å². The highest BCUT2D eigenvalue weighted by Gasteiger charge is 2.56. The molecule has 1 fully saturated rings. The third-order valence-electron chi connectivity index (χ3n) is 6.60. The van der Waals surface area contributed by atoms with E-state index in [-0.39, 0.29) is 28.8 Å². The van der Waals surface area contributed by atoms with E-state index in [1.807, 2.05) is 25.3 Å². The zero-order valence-corrected chi connectivity index (χ0v) is 22.3. The predicted octanol–water partition coefficient (Wildman–Crippen LogP) is 6.27. The number of fused-ring (bicyclic) bond motifs is 1. The second-order valence-electron chi connectivity index (χ2n) is 9.31. The first-order valence-corrected chi connectivity index (χ1v) is 13.4. The average Bonchev–Trinajstić information content (AvgIpc) is 3.73. The Labute approximate surface area is 228 Å². The molecular weight excluding hydrogens is 521 g/mol. The van der Waals surface area contributed by atoms with Crippen molar-refractivity contribution in [1.29, 1.82) is 0 Å². The van der Waals surface area contributed by atoms with Gasteiger partial charge in [0.1, 0.15) is 16.2 Å². The molecule has 0 atom stereocenters. The number of carbonyl (C=O) groups excluding carboxylic acids is 2. The molecule has 3 N–H and O–H groups in total. The average molecular weight is 548 g/mol. The molecule has 0 saturated heterocycles. The largest absolute Gasteiger partial charge is 0.504 e. The number of nitrogens with one attached hydrogen (secondary N) is 2. The fourth-order valence-electron chi connectivity index (χ4n) is 4.14. The number of ether oxygens (including phenoxy) is 2. The fraction of sp³-hybridized carbons (Fsp3) is 0.207. The number of aryl methyl sites for hydroxylation is 1. The number of pyridine rings is 1. The van der Waals surface area contributed by atoms with Crippen LogP contribution in [0.15, 0.2) is 65.7 Å². The molecule has 5 rings (SSSR count). The first-order chi connectivity index (χ1) is 18.7. The third-order valence-corrected chi connectivity index (χ3v) is 7.22. The Kier molecular flexibility index (Phi) is 7.05. The molecule has 1 aliphatic rings. The van der Waals surface area contributed by atoms with E-state index in [0.717, 1.165) is 11.6 Å². The number of hydrogen-bond acceptors (Lipinski definition) is 7. The lowest BCUT2D eigenvalue weighted by Gasteiger charge is -2.16. The molecule has 0 spiro atoms. The van der Waals surface area contributed by atoms with Crippen LogP contribution in [0.3, 0.4) is 0 Å². The molecule has 1 aliphatic carbocycles. The van der Waals surface area contributed by atoms with Crippen molar-refractivity contribution in [2.75, 3.05) is 24.0 Å². The molecular formula is C29H26FN3O5S. The van der Waals surface area contributed by atoms with Crippen molar-refractivity contribution >= 4 is 45.9 Å². The quantitative estimate of drug-likeness (QED) is 0.176. The number of benzene rings is 3. The lowest BCUT2D eigenvalue weighted by molar-refractivity contribution is -0.131. The molecule has 0 radical (unpaired) electrons. The van der Waals surface area contributed by atoms with E-state index in [1.165, 1.54) is 37.1 Å². The van der Waals surface area contributed by atoms with Crippen LogP contribution >= 0.6 is 11.8 Å². The van der Waals surface area contributed by atoms with Gasteiger partial charge in [0.2, 0.25) is 11.8 Å². The fourth-order valence-corrected chi connectivity index (χ4v) is 4.56. The van der Waals surface area contributed by atoms with Crippen molar-refractivity contribution < 1.29 is 28.6 Å². The van der Waals surface area contributed by atoms with Gasteiger partial charge < -0.3 is 25.2 Å². The zero-order valence-electron chi connectivity index (χ0n) is 21.5. The Bertz CT molecular complexity index is 1590. The van der Waals surface area contributed by atoms with Crippen LogP contribution in [0.4, 0.5) is 15.8 Å². The lowest BCUT2D eigenvalue weighted by atomic mass is 10.0. The lowest BCUT2D eigenvalue weighted by Crippen LogP contribution is -2.35. The number of carbonyl (C=O) groups is 2. The normalized spacial score (nSPS) is 13.5. The number of methoxy groups -OCH3 is 1. The molecule has 2 amide bonds. The number of aromatic hydroxyl groups is 1. The minimum Gasteiger partial charge on any atom is -0.504 e. The van der Waals surface area contributed by atoms with E-state index < -0.39 is 17.1 Å². The van der Waals surface area contributed by atoms with Gasteiger partial charge >= 0.3 is 0 Å². The van der Waals surface area contributed by atoms with E-state index in [0.29, 0.717) is 40.2 Å². The standard InChI is InChI=1S/C29H26FN3O5S/c1-16-4-6-17(7-5-16)31-27(35)29(10-11-29)28(36)32-18-8-9-23(20(30)12-18)38-24-15-26(39-3)33-21-14-22(34)25(37-2)13-19(21)24/h4-9,12-15,34H,10-11H2,1-3H3,(H,31,35)(H,32,36). The van der Waals surface area contributed by atoms with Crippen LogP contribution < -0.4 is 20.1 Å². The Balaban J connectivity index is 1.34. The molecule has 3 aromatic carbocycles. The number of nitrogens with zero attached hydrogens (tertiary/aromatic N) is 1. The second-order valence-corrected chi connectivity index (χ2v) is 10.1. The Morgan fingerprint density at radius 3 is 2.23 bits per heavy atom. The summed E-state index contributed by atoms with van der Waals surface area (Å²) in [6.07, 6.45) is 2.66. The van der Waals surface area contributed by atoms with E-state index in [4.69, 9.17) is 9.47 Å². The van der Waals surface area contributed by atoms with Gasteiger partial charge in [0.25, 0.3) is 0 Å². The van der Waals surface area contributed by atoms with Gasteiger partial charge in [-0.15, -0.1) is 11.8 Å². The summed E-state index contributed by atoms with van der Waals surface area (Å²) in [6, 6.07) is 16.1. The summed E-state index contributed by atoms with van der Waals surface area (Å²) >= 11 is 1.37. The van der Waals surface area contributed by atoms with Crippen LogP contribution in [0.25, 0.3) is 10.9 Å². The number of amides is 2. The van der Waals surface area contributed by atoms with Crippen molar-refractivity contribution in [2.45, 2.75) is 24.8 Å². The first kappa shape index (κ1) is 26.3. The molecule has 8 nitrogen and oxygen atoms in total. The molecule has 39 heavy (non-hydrogen) atoms. The summed E-state index contributed by atoms with van der Waals surface area (Å²) in [5, 5.41) is 16.8. The van der Waals surface area contributed by atoms with E-state index in [1.54, 1.807) is 24.3 Å². The van der Waals surface area contributed by atoms with Gasteiger partial charge in [0.15, 0.2) is 23.1 Å². The maximum atomic E-state index is 15.1. The summed E-state index contributed by atoms with van der Waals surface area (Å²) < 4.78 is 26.2. The van der Waals surface area contributed by atoms with Crippen LogP contribution in [-0.4, -0.2) is 35.3 Å². The highest BCUT2D eigenvalue weighted by molar-refractivity contribution is 7.98. The topological polar surface area (TPSA) is 110 Å².